The van der Waals surface area contributed by atoms with Gasteiger partial charge in [0, 0.05) is 43.9 Å². The van der Waals surface area contributed by atoms with Gasteiger partial charge >= 0.3 is 0 Å². The predicted octanol–water partition coefficient (Wildman–Crippen LogP) is 2.74. The minimum Gasteiger partial charge on any atom is -0.478 e. The van der Waals surface area contributed by atoms with Crippen LogP contribution >= 0.6 is 11.3 Å². The average molecular weight is 363 g/mol. The third kappa shape index (κ3) is 4.36. The van der Waals surface area contributed by atoms with Crippen molar-refractivity contribution in [2.75, 3.05) is 42.6 Å². The molecular weight excluding hydrogens is 336 g/mol. The van der Waals surface area contributed by atoms with Crippen LogP contribution in [-0.4, -0.2) is 53.0 Å². The molecule has 1 fully saturated rings. The molecule has 7 nitrogen and oxygen atoms in total. The van der Waals surface area contributed by atoms with Crippen molar-refractivity contribution in [2.45, 2.75) is 39.5 Å². The Labute approximate surface area is 153 Å². The van der Waals surface area contributed by atoms with E-state index >= 15 is 0 Å². The van der Waals surface area contributed by atoms with E-state index in [0.29, 0.717) is 12.5 Å². The van der Waals surface area contributed by atoms with Gasteiger partial charge in [-0.15, -0.1) is 10.2 Å². The first-order valence-corrected chi connectivity index (χ1v) is 9.59. The van der Waals surface area contributed by atoms with Crippen LogP contribution in [0.2, 0.25) is 0 Å². The number of anilines is 2. The third-order valence-electron chi connectivity index (χ3n) is 4.01. The molecule has 25 heavy (non-hydrogen) atoms. The summed E-state index contributed by atoms with van der Waals surface area (Å²) < 4.78 is 5.49. The van der Waals surface area contributed by atoms with Crippen LogP contribution in [0.15, 0.2) is 12.3 Å². The highest BCUT2D eigenvalue weighted by Gasteiger charge is 2.23. The zero-order valence-corrected chi connectivity index (χ0v) is 16.2. The molecule has 0 saturated carbocycles. The Morgan fingerprint density at radius 2 is 1.88 bits per heavy atom. The summed E-state index contributed by atoms with van der Waals surface area (Å²) in [6.07, 6.45) is 2.79. The van der Waals surface area contributed by atoms with Crippen molar-refractivity contribution in [1.82, 2.24) is 20.2 Å². The maximum absolute atomic E-state index is 5.49. The largest absolute Gasteiger partial charge is 0.478 e. The van der Waals surface area contributed by atoms with Crippen molar-refractivity contribution >= 4 is 22.4 Å². The molecule has 0 radical (unpaired) electrons. The Bertz CT molecular complexity index is 698. The van der Waals surface area contributed by atoms with E-state index in [2.05, 4.69) is 50.7 Å². The van der Waals surface area contributed by atoms with Crippen LogP contribution < -0.4 is 14.5 Å². The normalized spacial score (nSPS) is 16.0. The molecule has 2 aromatic rings. The highest BCUT2D eigenvalue weighted by Crippen LogP contribution is 2.30. The molecule has 0 spiro atoms. The summed E-state index contributed by atoms with van der Waals surface area (Å²) in [5.74, 6) is 1.37. The minimum absolute atomic E-state index is 0.0430. The molecule has 136 valence electrons. The van der Waals surface area contributed by atoms with Gasteiger partial charge < -0.3 is 14.5 Å². The maximum atomic E-state index is 5.49. The molecule has 0 N–H and O–H groups in total. The Hall–Kier alpha value is -1.96. The van der Waals surface area contributed by atoms with Crippen LogP contribution in [-0.2, 0) is 5.41 Å². The molecule has 1 aliphatic rings. The van der Waals surface area contributed by atoms with Gasteiger partial charge in [0.05, 0.1) is 6.61 Å². The number of ether oxygens (including phenoxy) is 1. The molecule has 0 aliphatic carbocycles. The fourth-order valence-electron chi connectivity index (χ4n) is 2.67. The Morgan fingerprint density at radius 3 is 2.60 bits per heavy atom. The van der Waals surface area contributed by atoms with Crippen molar-refractivity contribution in [2.24, 2.45) is 0 Å². The molecule has 1 aliphatic heterocycles. The summed E-state index contributed by atoms with van der Waals surface area (Å²) >= 11 is 1.70. The second kappa shape index (κ2) is 7.51. The quantitative estimate of drug-likeness (QED) is 0.828. The van der Waals surface area contributed by atoms with Crippen LogP contribution in [0.1, 0.15) is 39.1 Å². The van der Waals surface area contributed by atoms with Crippen molar-refractivity contribution in [3.8, 4) is 5.88 Å². The molecule has 3 heterocycles. The van der Waals surface area contributed by atoms with Gasteiger partial charge in [0.25, 0.3) is 0 Å². The molecular formula is C17H26N6OS. The van der Waals surface area contributed by atoms with E-state index in [9.17, 15) is 0 Å². The van der Waals surface area contributed by atoms with Gasteiger partial charge in [-0.25, -0.2) is 4.98 Å². The number of hydrogen-bond acceptors (Lipinski definition) is 8. The lowest BCUT2D eigenvalue weighted by Crippen LogP contribution is -2.31. The lowest BCUT2D eigenvalue weighted by molar-refractivity contribution is 0.326. The summed E-state index contributed by atoms with van der Waals surface area (Å²) in [5, 5.41) is 10.9. The molecule has 0 unspecified atom stereocenters. The van der Waals surface area contributed by atoms with E-state index < -0.39 is 0 Å². The summed E-state index contributed by atoms with van der Waals surface area (Å²) in [5.41, 5.74) is 0.0430. The third-order valence-corrected chi connectivity index (χ3v) is 5.42. The highest BCUT2D eigenvalue weighted by atomic mass is 32.1. The highest BCUT2D eigenvalue weighted by molar-refractivity contribution is 7.15. The molecule has 8 heteroatoms. The van der Waals surface area contributed by atoms with E-state index in [4.69, 9.17) is 4.74 Å². The fraction of sp³-hybridized carbons (Fsp3) is 0.647. The van der Waals surface area contributed by atoms with E-state index in [1.165, 1.54) is 0 Å². The number of nitrogens with zero attached hydrogens (tertiary/aromatic N) is 6. The topological polar surface area (TPSA) is 67.3 Å². The predicted molar refractivity (Wildman–Crippen MR) is 101 cm³/mol. The lowest BCUT2D eigenvalue weighted by atomic mass is 9.98. The van der Waals surface area contributed by atoms with E-state index in [0.717, 1.165) is 48.7 Å². The summed E-state index contributed by atoms with van der Waals surface area (Å²) in [6.45, 7) is 12.7. The van der Waals surface area contributed by atoms with Crippen molar-refractivity contribution in [3.05, 3.63) is 17.3 Å². The zero-order valence-electron chi connectivity index (χ0n) is 15.4. The molecule has 1 saturated heterocycles. The Balaban J connectivity index is 1.68. The SMILES string of the molecule is CCOc1ccnc(N2CCCN(c3nnc(C(C)(C)C)s3)CC2)n1. The minimum atomic E-state index is 0.0430. The fourth-order valence-corrected chi connectivity index (χ4v) is 3.62. The van der Waals surface area contributed by atoms with Gasteiger partial charge in [-0.05, 0) is 13.3 Å². The Morgan fingerprint density at radius 1 is 1.12 bits per heavy atom. The van der Waals surface area contributed by atoms with Gasteiger partial charge in [0.1, 0.15) is 5.01 Å². The molecule has 0 atom stereocenters. The molecule has 0 aromatic carbocycles. The average Bonchev–Trinajstić information content (AvgIpc) is 2.95. The second-order valence-corrected chi connectivity index (χ2v) is 8.05. The standard InChI is InChI=1S/C17H26N6OS/c1-5-24-13-7-8-18-15(19-13)22-9-6-10-23(12-11-22)16-21-20-14(25-16)17(2,3)4/h7-8H,5-6,9-12H2,1-4H3. The van der Waals surface area contributed by atoms with Crippen LogP contribution in [0, 0.1) is 0 Å². The first-order chi connectivity index (χ1) is 12.0. The van der Waals surface area contributed by atoms with Crippen molar-refractivity contribution in [3.63, 3.8) is 0 Å². The summed E-state index contributed by atoms with van der Waals surface area (Å²) in [6, 6.07) is 1.80. The molecule has 0 bridgehead atoms. The number of aromatic nitrogens is 4. The van der Waals surface area contributed by atoms with E-state index in [1.807, 2.05) is 6.92 Å². The number of rotatable bonds is 4. The molecule has 3 rings (SSSR count). The monoisotopic (exact) mass is 362 g/mol. The van der Waals surface area contributed by atoms with Gasteiger partial charge in [-0.3, -0.25) is 0 Å². The Kier molecular flexibility index (Phi) is 5.36. The summed E-state index contributed by atoms with van der Waals surface area (Å²) in [7, 11) is 0. The van der Waals surface area contributed by atoms with E-state index in [1.54, 1.807) is 23.6 Å². The first kappa shape index (κ1) is 17.8. The van der Waals surface area contributed by atoms with Gasteiger partial charge in [0.2, 0.25) is 17.0 Å². The van der Waals surface area contributed by atoms with Crippen LogP contribution in [0.5, 0.6) is 5.88 Å². The van der Waals surface area contributed by atoms with E-state index in [-0.39, 0.29) is 5.41 Å². The van der Waals surface area contributed by atoms with Crippen molar-refractivity contribution < 1.29 is 4.74 Å². The lowest BCUT2D eigenvalue weighted by Gasteiger charge is -2.21. The van der Waals surface area contributed by atoms with Crippen LogP contribution in [0.4, 0.5) is 11.1 Å². The first-order valence-electron chi connectivity index (χ1n) is 8.77. The summed E-state index contributed by atoms with van der Waals surface area (Å²) in [4.78, 5) is 13.5. The van der Waals surface area contributed by atoms with Crippen molar-refractivity contribution in [1.29, 1.82) is 0 Å². The maximum Gasteiger partial charge on any atom is 0.228 e. The van der Waals surface area contributed by atoms with Gasteiger partial charge in [0.15, 0.2) is 0 Å². The van der Waals surface area contributed by atoms with Crippen LogP contribution in [0.3, 0.4) is 0 Å². The van der Waals surface area contributed by atoms with Gasteiger partial charge in [-0.1, -0.05) is 32.1 Å². The molecule has 0 amide bonds. The van der Waals surface area contributed by atoms with Crippen LogP contribution in [0.25, 0.3) is 0 Å². The second-order valence-electron chi connectivity index (χ2n) is 7.10. The smallest absolute Gasteiger partial charge is 0.228 e. The zero-order chi connectivity index (χ0) is 17.9. The molecule has 2 aromatic heterocycles. The van der Waals surface area contributed by atoms with Gasteiger partial charge in [-0.2, -0.15) is 4.98 Å². The number of hydrogen-bond donors (Lipinski definition) is 0.